The summed E-state index contributed by atoms with van der Waals surface area (Å²) in [7, 11) is 0. The number of aryl methyl sites for hydroxylation is 2. The summed E-state index contributed by atoms with van der Waals surface area (Å²) in [4.78, 5) is 0. The molecule has 4 aromatic rings. The van der Waals surface area contributed by atoms with E-state index >= 15 is 0 Å². The molecule has 0 unspecified atom stereocenters. The predicted octanol–water partition coefficient (Wildman–Crippen LogP) is 6.67. The monoisotopic (exact) mass is 410 g/mol. The summed E-state index contributed by atoms with van der Waals surface area (Å²) in [6.45, 7) is 0.979. The second kappa shape index (κ2) is 9.49. The molecule has 142 valence electrons. The smallest absolute Gasteiger partial charge is 0.0491 e. The fraction of sp³-hybridized carbons (Fsp3) is 0.250. The van der Waals surface area contributed by atoms with Gasteiger partial charge in [-0.2, -0.15) is 6.07 Å². The zero-order valence-corrected chi connectivity index (χ0v) is 17.3. The maximum absolute atomic E-state index is 13.6. The average molecular weight is 410 g/mol. The molecule has 4 heteroatoms. The van der Waals surface area contributed by atoms with Crippen LogP contribution in [0.2, 0.25) is 0 Å². The van der Waals surface area contributed by atoms with E-state index in [9.17, 15) is 8.78 Å². The maximum Gasteiger partial charge on any atom is 0.0491 e. The molecule has 0 aliphatic carbocycles. The topological polar surface area (TPSA) is 4.93 Å². The molecule has 0 spiro atoms. The van der Waals surface area contributed by atoms with Gasteiger partial charge in [0.15, 0.2) is 0 Å². The van der Waals surface area contributed by atoms with Crippen molar-refractivity contribution in [3.05, 3.63) is 83.9 Å². The number of nitrogens with zero attached hydrogens (tertiary/aromatic N) is 1. The minimum atomic E-state index is -0.637. The molecule has 0 amide bonds. The summed E-state index contributed by atoms with van der Waals surface area (Å²) < 4.78 is 28.9. The van der Waals surface area contributed by atoms with Gasteiger partial charge in [0.25, 0.3) is 0 Å². The number of para-hydroxylation sites is 2. The molecule has 0 radical (unpaired) electrons. The second-order valence-electron chi connectivity index (χ2n) is 7.00. The fourth-order valence-corrected chi connectivity index (χ4v) is 3.85. The van der Waals surface area contributed by atoms with E-state index in [1.165, 1.54) is 33.9 Å². The number of rotatable bonds is 7. The Balaban J connectivity index is 0.00000225. The zero-order valence-electron chi connectivity index (χ0n) is 15.7. The molecular formula is C24H22F2NTi-. The molecule has 1 nitrogen and oxygen atoms in total. The zero-order chi connectivity index (χ0) is 18.6. The molecule has 0 saturated carbocycles. The number of hydrogen-bond donors (Lipinski definition) is 0. The molecule has 0 fully saturated rings. The normalized spacial score (nSPS) is 11.1. The Labute approximate surface area is 179 Å². The van der Waals surface area contributed by atoms with Crippen LogP contribution in [0.4, 0.5) is 8.78 Å². The standard InChI is InChI=1S/C24H22F2N.Ti/c25-19-15-14-18(22(26)17-19)9-3-1-2-8-16-27-23-12-6-4-10-20(23)21-11-5-7-13-24(21)27;/h4-7,10-15H,1-3,8-9,16H2;/q-1;. The first-order valence-electron chi connectivity index (χ1n) is 9.56. The summed E-state index contributed by atoms with van der Waals surface area (Å²) in [5.41, 5.74) is 3.11. The SMILES string of the molecule is Fc1[c-]c(F)c(CCCCCCn2c3ccccc3c3ccccc32)cc1.[Ti]. The number of halogens is 2. The van der Waals surface area contributed by atoms with Crippen molar-refractivity contribution in [1.29, 1.82) is 0 Å². The van der Waals surface area contributed by atoms with Crippen molar-refractivity contribution in [3.8, 4) is 0 Å². The Hall–Kier alpha value is -1.97. The number of aromatic nitrogens is 1. The summed E-state index contributed by atoms with van der Waals surface area (Å²) >= 11 is 0. The number of fused-ring (bicyclic) bond motifs is 3. The van der Waals surface area contributed by atoms with Crippen LogP contribution in [0.15, 0.2) is 60.7 Å². The molecule has 28 heavy (non-hydrogen) atoms. The van der Waals surface area contributed by atoms with Gasteiger partial charge >= 0.3 is 0 Å². The molecule has 4 rings (SSSR count). The number of unbranched alkanes of at least 4 members (excludes halogenated alkanes) is 3. The van der Waals surface area contributed by atoms with E-state index in [-0.39, 0.29) is 21.7 Å². The van der Waals surface area contributed by atoms with E-state index < -0.39 is 11.6 Å². The Morgan fingerprint density at radius 3 is 1.96 bits per heavy atom. The molecule has 1 aromatic heterocycles. The van der Waals surface area contributed by atoms with Gasteiger partial charge in [0.1, 0.15) is 0 Å². The van der Waals surface area contributed by atoms with Gasteiger partial charge < -0.3 is 4.57 Å². The van der Waals surface area contributed by atoms with Gasteiger partial charge in [0.05, 0.1) is 0 Å². The van der Waals surface area contributed by atoms with Gasteiger partial charge in [-0.15, -0.1) is 17.7 Å². The molecule has 0 aliphatic heterocycles. The van der Waals surface area contributed by atoms with E-state index in [0.717, 1.165) is 32.2 Å². The Morgan fingerprint density at radius 2 is 1.32 bits per heavy atom. The first-order valence-corrected chi connectivity index (χ1v) is 9.56. The van der Waals surface area contributed by atoms with Crippen LogP contribution in [0.5, 0.6) is 0 Å². The van der Waals surface area contributed by atoms with Crippen LogP contribution in [0.3, 0.4) is 0 Å². The summed E-state index contributed by atoms with van der Waals surface area (Å²) in [5, 5.41) is 2.60. The Morgan fingerprint density at radius 1 is 0.714 bits per heavy atom. The molecule has 0 aliphatic rings. The molecule has 0 N–H and O–H groups in total. The third kappa shape index (κ3) is 4.37. The van der Waals surface area contributed by atoms with Crippen LogP contribution >= 0.6 is 0 Å². The van der Waals surface area contributed by atoms with Gasteiger partial charge in [-0.1, -0.05) is 62.1 Å². The second-order valence-corrected chi connectivity index (χ2v) is 7.00. The molecular weight excluding hydrogens is 388 g/mol. The van der Waals surface area contributed by atoms with Crippen LogP contribution in [-0.2, 0) is 34.7 Å². The van der Waals surface area contributed by atoms with Gasteiger partial charge in [-0.3, -0.25) is 0 Å². The first-order chi connectivity index (χ1) is 13.2. The van der Waals surface area contributed by atoms with E-state index in [2.05, 4.69) is 59.2 Å². The molecule has 0 saturated heterocycles. The van der Waals surface area contributed by atoms with Crippen molar-refractivity contribution in [3.63, 3.8) is 0 Å². The van der Waals surface area contributed by atoms with Crippen LogP contribution in [0.25, 0.3) is 21.8 Å². The van der Waals surface area contributed by atoms with E-state index in [4.69, 9.17) is 0 Å². The largest absolute Gasteiger partial charge is 0.340 e. The average Bonchev–Trinajstić information content (AvgIpc) is 3.00. The quantitative estimate of drug-likeness (QED) is 0.182. The van der Waals surface area contributed by atoms with Crippen LogP contribution in [0, 0.1) is 17.7 Å². The van der Waals surface area contributed by atoms with Crippen LogP contribution in [0.1, 0.15) is 31.2 Å². The molecule has 0 bridgehead atoms. The molecule has 1 heterocycles. The summed E-state index contributed by atoms with van der Waals surface area (Å²) in [5.74, 6) is -1.19. The van der Waals surface area contributed by atoms with E-state index in [0.29, 0.717) is 12.0 Å². The number of benzene rings is 3. The Kier molecular flexibility index (Phi) is 7.04. The van der Waals surface area contributed by atoms with Crippen molar-refractivity contribution in [2.24, 2.45) is 0 Å². The summed E-state index contributed by atoms with van der Waals surface area (Å²) in [6.07, 6.45) is 4.75. The van der Waals surface area contributed by atoms with Crippen molar-refractivity contribution in [1.82, 2.24) is 4.57 Å². The van der Waals surface area contributed by atoms with Crippen LogP contribution in [-0.4, -0.2) is 4.57 Å². The minimum Gasteiger partial charge on any atom is -0.340 e. The third-order valence-electron chi connectivity index (χ3n) is 5.20. The van der Waals surface area contributed by atoms with Crippen molar-refractivity contribution in [2.45, 2.75) is 38.6 Å². The van der Waals surface area contributed by atoms with E-state index in [1.54, 1.807) is 0 Å². The first kappa shape index (κ1) is 20.8. The molecule has 3 aromatic carbocycles. The Bertz CT molecular complexity index is 1020. The van der Waals surface area contributed by atoms with Gasteiger partial charge in [0.2, 0.25) is 0 Å². The van der Waals surface area contributed by atoms with Crippen LogP contribution < -0.4 is 0 Å². The fourth-order valence-electron chi connectivity index (χ4n) is 3.85. The van der Waals surface area contributed by atoms with E-state index in [1.807, 2.05) is 0 Å². The number of hydrogen-bond acceptors (Lipinski definition) is 0. The third-order valence-corrected chi connectivity index (χ3v) is 5.20. The summed E-state index contributed by atoms with van der Waals surface area (Å²) in [6, 6.07) is 22.0. The predicted molar refractivity (Wildman–Crippen MR) is 107 cm³/mol. The van der Waals surface area contributed by atoms with Crippen molar-refractivity contribution >= 4 is 21.8 Å². The minimum absolute atomic E-state index is 0. The van der Waals surface area contributed by atoms with Gasteiger partial charge in [0, 0.05) is 61.7 Å². The maximum atomic E-state index is 13.6. The van der Waals surface area contributed by atoms with Crippen molar-refractivity contribution < 1.29 is 30.5 Å². The molecule has 0 atom stereocenters. The van der Waals surface area contributed by atoms with Gasteiger partial charge in [-0.05, 0) is 18.6 Å². The van der Waals surface area contributed by atoms with Gasteiger partial charge in [-0.25, -0.2) is 8.78 Å². The van der Waals surface area contributed by atoms with Crippen molar-refractivity contribution in [2.75, 3.05) is 0 Å².